The van der Waals surface area contributed by atoms with E-state index in [0.29, 0.717) is 38.6 Å². The van der Waals surface area contributed by atoms with Crippen LogP contribution in [0.3, 0.4) is 0 Å². The summed E-state index contributed by atoms with van der Waals surface area (Å²) in [6.45, 7) is 7.27. The summed E-state index contributed by atoms with van der Waals surface area (Å²) in [5.74, 6) is 1.93. The van der Waals surface area contributed by atoms with Crippen LogP contribution >= 0.6 is 0 Å². The summed E-state index contributed by atoms with van der Waals surface area (Å²) in [6.07, 6.45) is 1.25. The molecular weight excluding hydrogens is 366 g/mol. The van der Waals surface area contributed by atoms with Gasteiger partial charge in [0, 0.05) is 37.8 Å². The van der Waals surface area contributed by atoms with Crippen LogP contribution in [0.1, 0.15) is 31.1 Å². The van der Waals surface area contributed by atoms with E-state index < -0.39 is 10.0 Å². The number of methoxy groups -OCH3 is 1. The lowest BCUT2D eigenvalue weighted by Crippen LogP contribution is -2.47. The molecular formula is C19H27N3O4S. The minimum atomic E-state index is -3.12. The van der Waals surface area contributed by atoms with E-state index in [0.717, 1.165) is 22.8 Å². The molecule has 3 rings (SSSR count). The van der Waals surface area contributed by atoms with Gasteiger partial charge < -0.3 is 9.26 Å². The predicted octanol–water partition coefficient (Wildman–Crippen LogP) is 2.55. The Morgan fingerprint density at radius 2 is 1.89 bits per heavy atom. The van der Waals surface area contributed by atoms with Crippen molar-refractivity contribution in [1.29, 1.82) is 0 Å². The number of hydrogen-bond donors (Lipinski definition) is 0. The Morgan fingerprint density at radius 3 is 2.48 bits per heavy atom. The number of nitrogens with zero attached hydrogens (tertiary/aromatic N) is 3. The number of rotatable bonds is 6. The van der Waals surface area contributed by atoms with E-state index in [2.05, 4.69) is 36.0 Å². The van der Waals surface area contributed by atoms with Crippen LogP contribution < -0.4 is 4.74 Å². The zero-order valence-corrected chi connectivity index (χ0v) is 17.1. The SMILES string of the molecule is COc1ccc(C(C)C)cc1-c1cc(CN2CCN(S(C)(=O)=O)CC2)on1. The highest BCUT2D eigenvalue weighted by atomic mass is 32.2. The highest BCUT2D eigenvalue weighted by molar-refractivity contribution is 7.88. The zero-order chi connectivity index (χ0) is 19.6. The van der Waals surface area contributed by atoms with Crippen molar-refractivity contribution in [2.75, 3.05) is 39.5 Å². The van der Waals surface area contributed by atoms with Gasteiger partial charge in [0.25, 0.3) is 0 Å². The molecule has 0 saturated carbocycles. The van der Waals surface area contributed by atoms with E-state index in [1.165, 1.54) is 16.1 Å². The fraction of sp³-hybridized carbons (Fsp3) is 0.526. The van der Waals surface area contributed by atoms with Gasteiger partial charge in [-0.25, -0.2) is 8.42 Å². The Morgan fingerprint density at radius 1 is 1.19 bits per heavy atom. The van der Waals surface area contributed by atoms with E-state index in [-0.39, 0.29) is 0 Å². The van der Waals surface area contributed by atoms with Gasteiger partial charge in [0.15, 0.2) is 5.76 Å². The van der Waals surface area contributed by atoms with Crippen LogP contribution in [0.4, 0.5) is 0 Å². The Bertz CT molecular complexity index is 884. The van der Waals surface area contributed by atoms with Crippen molar-refractivity contribution in [1.82, 2.24) is 14.4 Å². The molecule has 1 saturated heterocycles. The van der Waals surface area contributed by atoms with Crippen molar-refractivity contribution in [3.05, 3.63) is 35.6 Å². The maximum absolute atomic E-state index is 11.6. The first-order chi connectivity index (χ1) is 12.8. The molecule has 0 N–H and O–H groups in total. The van der Waals surface area contributed by atoms with Gasteiger partial charge in [-0.05, 0) is 23.6 Å². The first-order valence-electron chi connectivity index (χ1n) is 9.09. The van der Waals surface area contributed by atoms with Crippen molar-refractivity contribution >= 4 is 10.0 Å². The van der Waals surface area contributed by atoms with Crippen molar-refractivity contribution in [3.63, 3.8) is 0 Å². The lowest BCUT2D eigenvalue weighted by atomic mass is 9.99. The molecule has 0 amide bonds. The fourth-order valence-corrected chi connectivity index (χ4v) is 4.07. The summed E-state index contributed by atoms with van der Waals surface area (Å²) in [7, 11) is -1.47. The summed E-state index contributed by atoms with van der Waals surface area (Å²) >= 11 is 0. The average Bonchev–Trinajstić information content (AvgIpc) is 3.09. The van der Waals surface area contributed by atoms with Crippen molar-refractivity contribution in [2.24, 2.45) is 0 Å². The molecule has 148 valence electrons. The monoisotopic (exact) mass is 393 g/mol. The molecule has 2 aromatic rings. The van der Waals surface area contributed by atoms with Gasteiger partial charge in [0.2, 0.25) is 10.0 Å². The van der Waals surface area contributed by atoms with Crippen molar-refractivity contribution < 1.29 is 17.7 Å². The number of ether oxygens (including phenoxy) is 1. The number of hydrogen-bond acceptors (Lipinski definition) is 6. The Labute approximate surface area is 160 Å². The standard InChI is InChI=1S/C19H27N3O4S/c1-14(2)15-5-6-19(25-3)17(11-15)18-12-16(26-20-18)13-21-7-9-22(10-8-21)27(4,23)24/h5-6,11-12,14H,7-10,13H2,1-4H3. The molecule has 2 heterocycles. The third-order valence-corrected chi connectivity index (χ3v) is 6.21. The van der Waals surface area contributed by atoms with Gasteiger partial charge in [-0.1, -0.05) is 25.1 Å². The van der Waals surface area contributed by atoms with Gasteiger partial charge in [-0.15, -0.1) is 0 Å². The third kappa shape index (κ3) is 4.69. The van der Waals surface area contributed by atoms with E-state index in [1.54, 1.807) is 7.11 Å². The summed E-state index contributed by atoms with van der Waals surface area (Å²) in [5, 5.41) is 4.23. The second kappa shape index (κ2) is 8.00. The first kappa shape index (κ1) is 19.9. The molecule has 27 heavy (non-hydrogen) atoms. The van der Waals surface area contributed by atoms with Gasteiger partial charge in [0.05, 0.1) is 19.9 Å². The van der Waals surface area contributed by atoms with E-state index in [4.69, 9.17) is 9.26 Å². The first-order valence-corrected chi connectivity index (χ1v) is 10.9. The molecule has 1 aromatic heterocycles. The molecule has 0 bridgehead atoms. The summed E-state index contributed by atoms with van der Waals surface area (Å²) < 4.78 is 35.8. The molecule has 0 atom stereocenters. The molecule has 0 unspecified atom stereocenters. The Hall–Kier alpha value is -1.90. The molecule has 8 heteroatoms. The lowest BCUT2D eigenvalue weighted by Gasteiger charge is -2.32. The molecule has 7 nitrogen and oxygen atoms in total. The van der Waals surface area contributed by atoms with E-state index in [1.807, 2.05) is 12.1 Å². The molecule has 0 spiro atoms. The van der Waals surface area contributed by atoms with Gasteiger partial charge in [0.1, 0.15) is 11.4 Å². The predicted molar refractivity (Wildman–Crippen MR) is 104 cm³/mol. The smallest absolute Gasteiger partial charge is 0.211 e. The van der Waals surface area contributed by atoms with Gasteiger partial charge in [-0.2, -0.15) is 4.31 Å². The lowest BCUT2D eigenvalue weighted by molar-refractivity contribution is 0.166. The van der Waals surface area contributed by atoms with Crippen LogP contribution in [0.5, 0.6) is 5.75 Å². The van der Waals surface area contributed by atoms with Crippen LogP contribution in [0, 0.1) is 0 Å². The van der Waals surface area contributed by atoms with Crippen molar-refractivity contribution in [2.45, 2.75) is 26.3 Å². The van der Waals surface area contributed by atoms with E-state index in [9.17, 15) is 8.42 Å². The normalized spacial score (nSPS) is 16.8. The molecule has 0 radical (unpaired) electrons. The van der Waals surface area contributed by atoms with Gasteiger partial charge in [-0.3, -0.25) is 4.90 Å². The minimum absolute atomic E-state index is 0.409. The number of piperazine rings is 1. The summed E-state index contributed by atoms with van der Waals surface area (Å²) in [5.41, 5.74) is 2.88. The van der Waals surface area contributed by atoms with Crippen LogP contribution in [-0.4, -0.2) is 62.3 Å². The Kier molecular flexibility index (Phi) is 5.88. The number of benzene rings is 1. The fourth-order valence-electron chi connectivity index (χ4n) is 3.24. The maximum atomic E-state index is 11.6. The molecule has 1 aliphatic rings. The molecule has 1 aromatic carbocycles. The average molecular weight is 394 g/mol. The molecule has 0 aliphatic carbocycles. The van der Waals surface area contributed by atoms with Crippen LogP contribution in [-0.2, 0) is 16.6 Å². The minimum Gasteiger partial charge on any atom is -0.496 e. The summed E-state index contributed by atoms with van der Waals surface area (Å²) in [6, 6.07) is 8.06. The molecule has 1 aliphatic heterocycles. The largest absolute Gasteiger partial charge is 0.496 e. The van der Waals surface area contributed by atoms with Crippen LogP contribution in [0.2, 0.25) is 0 Å². The third-order valence-electron chi connectivity index (χ3n) is 4.90. The number of sulfonamides is 1. The maximum Gasteiger partial charge on any atom is 0.211 e. The Balaban J connectivity index is 1.72. The second-order valence-corrected chi connectivity index (χ2v) is 9.21. The highest BCUT2D eigenvalue weighted by Gasteiger charge is 2.24. The second-order valence-electron chi connectivity index (χ2n) is 7.23. The van der Waals surface area contributed by atoms with Crippen LogP contribution in [0.25, 0.3) is 11.3 Å². The topological polar surface area (TPSA) is 75.9 Å². The van der Waals surface area contributed by atoms with E-state index >= 15 is 0 Å². The van der Waals surface area contributed by atoms with Gasteiger partial charge >= 0.3 is 0 Å². The zero-order valence-electron chi connectivity index (χ0n) is 16.3. The number of aromatic nitrogens is 1. The quantitative estimate of drug-likeness (QED) is 0.751. The highest BCUT2D eigenvalue weighted by Crippen LogP contribution is 2.32. The molecule has 1 fully saturated rings. The van der Waals surface area contributed by atoms with Crippen LogP contribution in [0.15, 0.2) is 28.8 Å². The van der Waals surface area contributed by atoms with Crippen molar-refractivity contribution in [3.8, 4) is 17.0 Å². The summed E-state index contributed by atoms with van der Waals surface area (Å²) in [4.78, 5) is 2.17.